The number of carbonyl (C=O) groups is 5. The van der Waals surface area contributed by atoms with Crippen molar-refractivity contribution in [2.45, 2.75) is 99.0 Å². The third-order valence-electron chi connectivity index (χ3n) is 7.53. The van der Waals surface area contributed by atoms with E-state index in [9.17, 15) is 24.0 Å². The summed E-state index contributed by atoms with van der Waals surface area (Å²) in [4.78, 5) is 81.9. The fourth-order valence-electron chi connectivity index (χ4n) is 4.78. The summed E-state index contributed by atoms with van der Waals surface area (Å²) in [5, 5.41) is 20.3. The van der Waals surface area contributed by atoms with Crippen molar-refractivity contribution in [3.05, 3.63) is 64.3 Å². The van der Waals surface area contributed by atoms with Gasteiger partial charge in [-0.25, -0.2) is 29.5 Å². The molecular weight excluding hydrogens is 773 g/mol. The van der Waals surface area contributed by atoms with Gasteiger partial charge in [0.15, 0.2) is 5.69 Å². The second-order valence-corrected chi connectivity index (χ2v) is 17.5. The summed E-state index contributed by atoms with van der Waals surface area (Å²) in [7, 11) is 0. The predicted octanol–water partition coefficient (Wildman–Crippen LogP) is 7.02. The number of ether oxygens (including phenoxy) is 2. The van der Waals surface area contributed by atoms with E-state index in [-0.39, 0.29) is 41.2 Å². The minimum absolute atomic E-state index is 0.0289. The normalized spacial score (nSPS) is 13.9. The van der Waals surface area contributed by atoms with Gasteiger partial charge in [-0.1, -0.05) is 27.7 Å². The van der Waals surface area contributed by atoms with Crippen molar-refractivity contribution in [1.29, 1.82) is 0 Å². The highest BCUT2D eigenvalue weighted by Gasteiger charge is 2.29. The second-order valence-electron chi connectivity index (χ2n) is 14.0. The Morgan fingerprint density at radius 1 is 0.593 bits per heavy atom. The van der Waals surface area contributed by atoms with E-state index in [2.05, 4.69) is 41.2 Å². The van der Waals surface area contributed by atoms with Crippen LogP contribution in [-0.4, -0.2) is 61.9 Å². The van der Waals surface area contributed by atoms with Crippen molar-refractivity contribution in [2.24, 2.45) is 11.8 Å². The van der Waals surface area contributed by atoms with Gasteiger partial charge >= 0.3 is 12.1 Å². The van der Waals surface area contributed by atoms with Crippen LogP contribution < -0.4 is 21.3 Å². The lowest BCUT2D eigenvalue weighted by molar-refractivity contribution is 0.0501. The van der Waals surface area contributed by atoms with Crippen LogP contribution in [-0.2, 0) is 9.47 Å². The molecule has 19 heteroatoms. The van der Waals surface area contributed by atoms with E-state index in [0.29, 0.717) is 20.0 Å². The standard InChI is InChI=1S/C35H46N8O7S4/c1-11-49-33(47)23-15-54-32(41-23)25(17(4)5)43-28(46)22-14-53-31(40-22)24(16(2)3)42-27(45)21-13-51-29(39-21)18(6)36-26(44)20-12-52-30(38-20)19(7)37-34(48)50-35(8,9)10/h12-19,24-25H,11H2,1-10H3,(H,36,44)(H,37,48)(H,42,45)(H,43,46)/t18-,19-,24-,25-/m0/s1. The molecule has 15 nitrogen and oxygen atoms in total. The number of rotatable bonds is 15. The van der Waals surface area contributed by atoms with Crippen LogP contribution in [0.4, 0.5) is 4.79 Å². The molecule has 4 atom stereocenters. The molecule has 4 N–H and O–H groups in total. The minimum Gasteiger partial charge on any atom is -0.461 e. The molecule has 4 rings (SSSR count). The van der Waals surface area contributed by atoms with Crippen LogP contribution in [0.15, 0.2) is 21.5 Å². The Balaban J connectivity index is 1.36. The summed E-state index contributed by atoms with van der Waals surface area (Å²) in [6.45, 7) is 18.5. The van der Waals surface area contributed by atoms with Gasteiger partial charge < -0.3 is 30.7 Å². The minimum atomic E-state index is -0.645. The highest BCUT2D eigenvalue weighted by atomic mass is 32.1. The maximum absolute atomic E-state index is 13.4. The molecule has 0 fully saturated rings. The monoisotopic (exact) mass is 818 g/mol. The molecule has 0 saturated carbocycles. The predicted molar refractivity (Wildman–Crippen MR) is 208 cm³/mol. The van der Waals surface area contributed by atoms with Crippen molar-refractivity contribution >= 4 is 75.1 Å². The Hall–Kier alpha value is -4.33. The molecule has 0 saturated heterocycles. The van der Waals surface area contributed by atoms with Gasteiger partial charge in [0, 0.05) is 21.5 Å². The molecule has 54 heavy (non-hydrogen) atoms. The van der Waals surface area contributed by atoms with E-state index < -0.39 is 59.6 Å². The zero-order chi connectivity index (χ0) is 39.9. The molecular formula is C35H46N8O7S4. The maximum Gasteiger partial charge on any atom is 0.408 e. The highest BCUT2D eigenvalue weighted by Crippen LogP contribution is 2.29. The van der Waals surface area contributed by atoms with Gasteiger partial charge in [0.25, 0.3) is 17.7 Å². The fourth-order valence-corrected chi connectivity index (χ4v) is 8.42. The smallest absolute Gasteiger partial charge is 0.408 e. The highest BCUT2D eigenvalue weighted by molar-refractivity contribution is 7.10. The average Bonchev–Trinajstić information content (AvgIpc) is 3.91. The van der Waals surface area contributed by atoms with Crippen molar-refractivity contribution < 1.29 is 33.4 Å². The molecule has 4 aromatic rings. The first-order valence-corrected chi connectivity index (χ1v) is 20.8. The summed E-state index contributed by atoms with van der Waals surface area (Å²) in [5.74, 6) is -1.87. The van der Waals surface area contributed by atoms with Gasteiger partial charge in [-0.05, 0) is 53.4 Å². The van der Waals surface area contributed by atoms with Crippen LogP contribution in [0, 0.1) is 11.8 Å². The van der Waals surface area contributed by atoms with Gasteiger partial charge in [-0.3, -0.25) is 14.4 Å². The van der Waals surface area contributed by atoms with Gasteiger partial charge in [0.2, 0.25) is 0 Å². The molecule has 4 amide bonds. The number of aromatic nitrogens is 4. The SMILES string of the molecule is CCOC(=O)c1csc([C@@H](NC(=O)c2csc([C@@H](NC(=O)c3csc([C@H](C)NC(=O)c4csc([C@H](C)NC(=O)OC(C)(C)C)n4)n3)C(C)C)n2)C(C)C)n1. The number of hydrogen-bond donors (Lipinski definition) is 4. The zero-order valence-corrected chi connectivity index (χ0v) is 35.0. The lowest BCUT2D eigenvalue weighted by Gasteiger charge is -2.21. The van der Waals surface area contributed by atoms with Gasteiger partial charge in [-0.2, -0.15) is 0 Å². The van der Waals surface area contributed by atoms with Crippen molar-refractivity contribution in [3.63, 3.8) is 0 Å². The first-order chi connectivity index (χ1) is 25.4. The van der Waals surface area contributed by atoms with Crippen LogP contribution in [0.1, 0.15) is 155 Å². The number of nitrogens with zero attached hydrogens (tertiary/aromatic N) is 4. The van der Waals surface area contributed by atoms with Crippen LogP contribution in [0.5, 0.6) is 0 Å². The van der Waals surface area contributed by atoms with E-state index in [1.54, 1.807) is 63.1 Å². The molecule has 0 aliphatic carbocycles. The zero-order valence-electron chi connectivity index (χ0n) is 31.8. The van der Waals surface area contributed by atoms with Crippen LogP contribution >= 0.6 is 45.3 Å². The summed E-state index contributed by atoms with van der Waals surface area (Å²) in [6.07, 6.45) is -0.580. The fraction of sp³-hybridized carbons (Fsp3) is 0.514. The Bertz CT molecular complexity index is 1940. The average molecular weight is 819 g/mol. The Morgan fingerprint density at radius 3 is 1.39 bits per heavy atom. The lowest BCUT2D eigenvalue weighted by atomic mass is 10.0. The number of thiazole rings is 4. The number of hydrogen-bond acceptors (Lipinski definition) is 15. The van der Waals surface area contributed by atoms with Crippen molar-refractivity contribution in [2.75, 3.05) is 6.61 Å². The molecule has 0 radical (unpaired) electrons. The van der Waals surface area contributed by atoms with E-state index in [0.717, 1.165) is 0 Å². The Morgan fingerprint density at radius 2 is 0.963 bits per heavy atom. The molecule has 0 aliphatic heterocycles. The van der Waals surface area contributed by atoms with E-state index in [1.165, 1.54) is 45.3 Å². The molecule has 4 heterocycles. The lowest BCUT2D eigenvalue weighted by Crippen LogP contribution is -2.34. The van der Waals surface area contributed by atoms with E-state index in [4.69, 9.17) is 9.47 Å². The summed E-state index contributed by atoms with van der Waals surface area (Å²) < 4.78 is 10.3. The number of esters is 1. The third-order valence-corrected chi connectivity index (χ3v) is 11.4. The quantitative estimate of drug-likeness (QED) is 0.0898. The Kier molecular flexibility index (Phi) is 14.4. The molecule has 4 aromatic heterocycles. The molecule has 0 aliphatic rings. The molecule has 0 unspecified atom stereocenters. The molecule has 0 spiro atoms. The summed E-state index contributed by atoms with van der Waals surface area (Å²) in [6, 6.07) is -1.96. The maximum atomic E-state index is 13.4. The number of alkyl carbamates (subject to hydrolysis) is 1. The van der Waals surface area contributed by atoms with Crippen molar-refractivity contribution in [3.8, 4) is 0 Å². The summed E-state index contributed by atoms with van der Waals surface area (Å²) >= 11 is 5.01. The summed E-state index contributed by atoms with van der Waals surface area (Å²) in [5.41, 5.74) is 0.121. The van der Waals surface area contributed by atoms with Crippen molar-refractivity contribution in [1.82, 2.24) is 41.2 Å². The number of amides is 4. The third kappa shape index (κ3) is 11.3. The molecule has 292 valence electrons. The van der Waals surface area contributed by atoms with Crippen LogP contribution in [0.2, 0.25) is 0 Å². The first-order valence-electron chi connectivity index (χ1n) is 17.3. The first kappa shape index (κ1) is 42.4. The molecule has 0 aromatic carbocycles. The van der Waals surface area contributed by atoms with Crippen LogP contribution in [0.3, 0.4) is 0 Å². The Labute approximate surface area is 330 Å². The second kappa shape index (κ2) is 18.3. The van der Waals surface area contributed by atoms with Gasteiger partial charge in [0.05, 0.1) is 30.8 Å². The molecule has 0 bridgehead atoms. The van der Waals surface area contributed by atoms with Crippen LogP contribution in [0.25, 0.3) is 0 Å². The number of carbonyl (C=O) groups excluding carboxylic acids is 5. The number of nitrogens with one attached hydrogen (secondary N) is 4. The van der Waals surface area contributed by atoms with E-state index in [1.807, 2.05) is 27.7 Å². The van der Waals surface area contributed by atoms with Gasteiger partial charge in [-0.15, -0.1) is 45.3 Å². The van der Waals surface area contributed by atoms with E-state index >= 15 is 0 Å². The van der Waals surface area contributed by atoms with Gasteiger partial charge in [0.1, 0.15) is 42.7 Å². The topological polar surface area (TPSA) is 203 Å². The largest absolute Gasteiger partial charge is 0.461 e.